The van der Waals surface area contributed by atoms with Crippen LogP contribution in [0.3, 0.4) is 0 Å². The lowest BCUT2D eigenvalue weighted by Crippen LogP contribution is -2.26. The van der Waals surface area contributed by atoms with Crippen molar-refractivity contribution >= 4 is 31.7 Å². The maximum absolute atomic E-state index is 12.9. The fourth-order valence-corrected chi connectivity index (χ4v) is 3.26. The largest absolute Gasteiger partial charge is 0.360 e. The maximum Gasteiger partial charge on any atom is 0.211 e. The van der Waals surface area contributed by atoms with Gasteiger partial charge in [-0.3, -0.25) is 4.79 Å². The number of rotatable bonds is 6. The summed E-state index contributed by atoms with van der Waals surface area (Å²) in [5.74, 6) is 0.705. The van der Waals surface area contributed by atoms with Crippen LogP contribution >= 0.6 is 15.9 Å². The van der Waals surface area contributed by atoms with E-state index in [1.807, 2.05) is 0 Å². The zero-order chi connectivity index (χ0) is 17.5. The van der Waals surface area contributed by atoms with Gasteiger partial charge in [0, 0.05) is 29.5 Å². The van der Waals surface area contributed by atoms with Gasteiger partial charge in [0.25, 0.3) is 0 Å². The summed E-state index contributed by atoms with van der Waals surface area (Å²) in [6.45, 7) is 0.114. The maximum atomic E-state index is 12.9. The minimum absolute atomic E-state index is 0.114. The Morgan fingerprint density at radius 1 is 1.38 bits per heavy atom. The molecule has 1 aliphatic carbocycles. The molecule has 0 bridgehead atoms. The number of benzene rings is 1. The van der Waals surface area contributed by atoms with E-state index in [0.29, 0.717) is 22.5 Å². The molecule has 3 rings (SSSR count). The van der Waals surface area contributed by atoms with Crippen molar-refractivity contribution in [2.45, 2.75) is 25.3 Å². The highest BCUT2D eigenvalue weighted by Crippen LogP contribution is 2.42. The number of hydrogen-bond acceptors (Lipinski definition) is 5. The van der Waals surface area contributed by atoms with E-state index in [1.54, 1.807) is 18.2 Å². The quantitative estimate of drug-likeness (QED) is 0.681. The van der Waals surface area contributed by atoms with E-state index < -0.39 is 10.0 Å². The molecule has 0 saturated heterocycles. The van der Waals surface area contributed by atoms with E-state index in [2.05, 4.69) is 21.1 Å². The number of ketones is 1. The average Bonchev–Trinajstić information content (AvgIpc) is 3.23. The smallest absolute Gasteiger partial charge is 0.211 e. The summed E-state index contributed by atoms with van der Waals surface area (Å²) in [5, 5.41) is 3.77. The first kappa shape index (κ1) is 17.3. The van der Waals surface area contributed by atoms with Crippen molar-refractivity contribution in [2.75, 3.05) is 13.3 Å². The molecule has 1 aliphatic rings. The second-order valence-corrected chi connectivity index (χ2v) is 9.03. The van der Waals surface area contributed by atoms with Crippen LogP contribution in [0.1, 0.15) is 46.0 Å². The second kappa shape index (κ2) is 6.42. The Bertz CT molecular complexity index is 887. The number of sulfonamides is 1. The molecule has 24 heavy (non-hydrogen) atoms. The summed E-state index contributed by atoms with van der Waals surface area (Å²) in [6, 6.07) is 5.22. The Labute approximate surface area is 149 Å². The topological polar surface area (TPSA) is 80.5 Å². The molecule has 6 nitrogen and oxygen atoms in total. The van der Waals surface area contributed by atoms with Crippen molar-refractivity contribution < 1.29 is 17.7 Å². The summed E-state index contributed by atoms with van der Waals surface area (Å²) in [6.07, 6.45) is 4.58. The number of carbonyl (C=O) groups is 1. The van der Waals surface area contributed by atoms with Crippen LogP contribution in [0.4, 0.5) is 0 Å². The Hall–Kier alpha value is -1.51. The summed E-state index contributed by atoms with van der Waals surface area (Å²) in [7, 11) is -1.86. The number of aromatic nitrogens is 1. The predicted octanol–water partition coefficient (Wildman–Crippen LogP) is 2.94. The highest BCUT2D eigenvalue weighted by Gasteiger charge is 2.33. The van der Waals surface area contributed by atoms with Crippen LogP contribution in [-0.2, 0) is 16.6 Å². The molecule has 0 atom stereocenters. The molecule has 8 heteroatoms. The third-order valence-corrected chi connectivity index (χ3v) is 5.82. The Morgan fingerprint density at radius 3 is 2.71 bits per heavy atom. The van der Waals surface area contributed by atoms with Crippen LogP contribution in [0.25, 0.3) is 0 Å². The van der Waals surface area contributed by atoms with Crippen LogP contribution in [0.2, 0.25) is 0 Å². The number of nitrogens with zero attached hydrogens (tertiary/aromatic N) is 2. The van der Waals surface area contributed by atoms with Crippen LogP contribution in [0.5, 0.6) is 0 Å². The highest BCUT2D eigenvalue weighted by molar-refractivity contribution is 9.10. The molecule has 0 amide bonds. The third-order valence-electron chi connectivity index (χ3n) is 4.06. The van der Waals surface area contributed by atoms with Crippen molar-refractivity contribution in [2.24, 2.45) is 0 Å². The van der Waals surface area contributed by atoms with Crippen LogP contribution < -0.4 is 0 Å². The van der Waals surface area contributed by atoms with Crippen LogP contribution in [-0.4, -0.2) is 37.0 Å². The lowest BCUT2D eigenvalue weighted by atomic mass is 9.98. The van der Waals surface area contributed by atoms with Gasteiger partial charge in [0.2, 0.25) is 10.0 Å². The van der Waals surface area contributed by atoms with Crippen molar-refractivity contribution in [1.29, 1.82) is 0 Å². The Morgan fingerprint density at radius 2 is 2.08 bits per heavy atom. The summed E-state index contributed by atoms with van der Waals surface area (Å²) in [5.41, 5.74) is 1.55. The van der Waals surface area contributed by atoms with Gasteiger partial charge in [-0.1, -0.05) is 21.1 Å². The molecule has 128 valence electrons. The van der Waals surface area contributed by atoms with Crippen LogP contribution in [0, 0.1) is 0 Å². The van der Waals surface area contributed by atoms with Gasteiger partial charge in [-0.2, -0.15) is 0 Å². The first-order chi connectivity index (χ1) is 11.3. The molecule has 0 N–H and O–H groups in total. The summed E-state index contributed by atoms with van der Waals surface area (Å²) >= 11 is 3.37. The number of hydrogen-bond donors (Lipinski definition) is 0. The van der Waals surface area contributed by atoms with Crippen molar-refractivity contribution in [3.05, 3.63) is 51.3 Å². The van der Waals surface area contributed by atoms with Gasteiger partial charge in [-0.25, -0.2) is 12.7 Å². The zero-order valence-corrected chi connectivity index (χ0v) is 15.7. The summed E-state index contributed by atoms with van der Waals surface area (Å²) < 4.78 is 30.6. The molecule has 2 aromatic rings. The molecule has 1 aromatic heterocycles. The fraction of sp³-hybridized carbons (Fsp3) is 0.375. The van der Waals surface area contributed by atoms with Gasteiger partial charge in [0.15, 0.2) is 11.5 Å². The molecular formula is C16H17BrN2O4S. The minimum Gasteiger partial charge on any atom is -0.360 e. The molecule has 1 aromatic carbocycles. The first-order valence-electron chi connectivity index (χ1n) is 7.46. The molecular weight excluding hydrogens is 396 g/mol. The van der Waals surface area contributed by atoms with E-state index in [9.17, 15) is 13.2 Å². The fourth-order valence-electron chi connectivity index (χ4n) is 2.48. The van der Waals surface area contributed by atoms with Gasteiger partial charge < -0.3 is 4.52 Å². The monoisotopic (exact) mass is 412 g/mol. The van der Waals surface area contributed by atoms with E-state index in [0.717, 1.165) is 23.6 Å². The van der Waals surface area contributed by atoms with Gasteiger partial charge >= 0.3 is 0 Å². The second-order valence-electron chi connectivity index (χ2n) is 6.03. The SMILES string of the molecule is CN(Cc1cc(Br)ccc1C(=O)c1cnoc1C1CC1)S(C)(=O)=O. The van der Waals surface area contributed by atoms with E-state index in [1.165, 1.54) is 17.5 Å². The molecule has 1 fully saturated rings. The minimum atomic E-state index is -3.35. The summed E-state index contributed by atoms with van der Waals surface area (Å²) in [4.78, 5) is 12.9. The molecule has 0 unspecified atom stereocenters. The van der Waals surface area contributed by atoms with Crippen molar-refractivity contribution in [3.63, 3.8) is 0 Å². The lowest BCUT2D eigenvalue weighted by Gasteiger charge is -2.16. The van der Waals surface area contributed by atoms with Gasteiger partial charge in [0.05, 0.1) is 18.0 Å². The van der Waals surface area contributed by atoms with Crippen molar-refractivity contribution in [3.8, 4) is 0 Å². The zero-order valence-electron chi connectivity index (χ0n) is 13.3. The van der Waals surface area contributed by atoms with E-state index in [4.69, 9.17) is 4.52 Å². The van der Waals surface area contributed by atoms with Gasteiger partial charge in [-0.05, 0) is 36.6 Å². The molecule has 1 saturated carbocycles. The van der Waals surface area contributed by atoms with Gasteiger partial charge in [0.1, 0.15) is 0 Å². The van der Waals surface area contributed by atoms with Gasteiger partial charge in [-0.15, -0.1) is 0 Å². The standard InChI is InChI=1S/C16H17BrN2O4S/c1-19(24(2,21)22)9-11-7-12(17)5-6-13(11)15(20)14-8-18-23-16(14)10-3-4-10/h5-8,10H,3-4,9H2,1-2H3. The highest BCUT2D eigenvalue weighted by atomic mass is 79.9. The Balaban J connectivity index is 1.98. The van der Waals surface area contributed by atoms with Crippen LogP contribution in [0.15, 0.2) is 33.4 Å². The predicted molar refractivity (Wildman–Crippen MR) is 92.4 cm³/mol. The van der Waals surface area contributed by atoms with E-state index in [-0.39, 0.29) is 18.2 Å². The first-order valence-corrected chi connectivity index (χ1v) is 10.1. The van der Waals surface area contributed by atoms with E-state index >= 15 is 0 Å². The Kier molecular flexibility index (Phi) is 4.63. The molecule has 0 spiro atoms. The number of halogens is 1. The number of carbonyl (C=O) groups excluding carboxylic acids is 1. The third kappa shape index (κ3) is 3.60. The molecule has 0 aliphatic heterocycles. The average molecular weight is 413 g/mol. The molecule has 0 radical (unpaired) electrons. The molecule has 1 heterocycles. The lowest BCUT2D eigenvalue weighted by molar-refractivity contribution is 0.103. The van der Waals surface area contributed by atoms with Crippen molar-refractivity contribution in [1.82, 2.24) is 9.46 Å². The normalized spacial score (nSPS) is 15.0.